The van der Waals surface area contributed by atoms with E-state index >= 15 is 0 Å². The molecule has 3 heteroatoms. The van der Waals surface area contributed by atoms with E-state index in [1.165, 1.54) is 0 Å². The van der Waals surface area contributed by atoms with Crippen LogP contribution in [0.5, 0.6) is 0 Å². The van der Waals surface area contributed by atoms with Gasteiger partial charge in [-0.1, -0.05) is 19.9 Å². The van der Waals surface area contributed by atoms with E-state index in [1.807, 2.05) is 6.07 Å². The summed E-state index contributed by atoms with van der Waals surface area (Å²) in [6, 6.07) is 6.14. The quantitative estimate of drug-likeness (QED) is 0.817. The minimum atomic E-state index is 0.135. The molecule has 0 atom stereocenters. The summed E-state index contributed by atoms with van der Waals surface area (Å²) < 4.78 is 0. The van der Waals surface area contributed by atoms with Crippen molar-refractivity contribution < 1.29 is 0 Å². The molecule has 0 saturated carbocycles. The molecule has 3 nitrogen and oxygen atoms in total. The van der Waals surface area contributed by atoms with Gasteiger partial charge in [0.15, 0.2) is 0 Å². The number of hydrogen-bond acceptors (Lipinski definition) is 3. The molecule has 17 heavy (non-hydrogen) atoms. The van der Waals surface area contributed by atoms with E-state index in [0.717, 1.165) is 31.0 Å². The Kier molecular flexibility index (Phi) is 4.79. The topological polar surface area (TPSA) is 28.2 Å². The van der Waals surface area contributed by atoms with Gasteiger partial charge in [0.2, 0.25) is 0 Å². The van der Waals surface area contributed by atoms with Crippen molar-refractivity contribution in [1.82, 2.24) is 4.98 Å². The van der Waals surface area contributed by atoms with Crippen molar-refractivity contribution >= 4 is 11.6 Å². The largest absolute Gasteiger partial charge is 0.370 e. The highest BCUT2D eigenvalue weighted by atomic mass is 15.2. The molecule has 0 bridgehead atoms. The molecule has 0 aliphatic heterocycles. The van der Waals surface area contributed by atoms with Gasteiger partial charge < -0.3 is 10.2 Å². The van der Waals surface area contributed by atoms with Crippen LogP contribution in [0, 0.1) is 0 Å². The molecule has 1 rings (SSSR count). The molecule has 1 aromatic rings. The normalized spacial score (nSPS) is 11.4. The highest BCUT2D eigenvalue weighted by molar-refractivity contribution is 5.48. The SMILES string of the molecule is CCCNc1cccc(N(C)C(C)(C)CC)n1. The summed E-state index contributed by atoms with van der Waals surface area (Å²) in [7, 11) is 2.11. The first kappa shape index (κ1) is 13.8. The van der Waals surface area contributed by atoms with Crippen molar-refractivity contribution in [3.63, 3.8) is 0 Å². The lowest BCUT2D eigenvalue weighted by Crippen LogP contribution is -2.41. The molecule has 0 aliphatic rings. The van der Waals surface area contributed by atoms with E-state index in [1.54, 1.807) is 0 Å². The van der Waals surface area contributed by atoms with Crippen LogP contribution in [0.25, 0.3) is 0 Å². The average Bonchev–Trinajstić information content (AvgIpc) is 2.35. The van der Waals surface area contributed by atoms with E-state index in [2.05, 4.69) is 62.1 Å². The number of nitrogens with zero attached hydrogens (tertiary/aromatic N) is 2. The summed E-state index contributed by atoms with van der Waals surface area (Å²) in [5, 5.41) is 3.32. The lowest BCUT2D eigenvalue weighted by molar-refractivity contribution is 0.467. The lowest BCUT2D eigenvalue weighted by atomic mass is 10.00. The molecular formula is C14H25N3. The maximum Gasteiger partial charge on any atom is 0.131 e. The molecule has 1 aromatic heterocycles. The highest BCUT2D eigenvalue weighted by Gasteiger charge is 2.22. The number of rotatable bonds is 6. The molecule has 0 unspecified atom stereocenters. The van der Waals surface area contributed by atoms with Crippen molar-refractivity contribution in [3.8, 4) is 0 Å². The zero-order valence-electron chi connectivity index (χ0n) is 11.7. The zero-order valence-corrected chi connectivity index (χ0v) is 11.7. The zero-order chi connectivity index (χ0) is 12.9. The predicted molar refractivity (Wildman–Crippen MR) is 75.8 cm³/mol. The summed E-state index contributed by atoms with van der Waals surface area (Å²) in [5.41, 5.74) is 0.135. The Morgan fingerprint density at radius 3 is 2.59 bits per heavy atom. The Morgan fingerprint density at radius 1 is 1.29 bits per heavy atom. The third kappa shape index (κ3) is 3.62. The summed E-state index contributed by atoms with van der Waals surface area (Å²) in [4.78, 5) is 6.88. The summed E-state index contributed by atoms with van der Waals surface area (Å²) in [5.74, 6) is 1.99. The van der Waals surface area contributed by atoms with Gasteiger partial charge in [0.1, 0.15) is 11.6 Å². The minimum Gasteiger partial charge on any atom is -0.370 e. The van der Waals surface area contributed by atoms with Crippen molar-refractivity contribution in [2.24, 2.45) is 0 Å². The first-order valence-electron chi connectivity index (χ1n) is 6.46. The third-order valence-corrected chi connectivity index (χ3v) is 3.41. The van der Waals surface area contributed by atoms with E-state index in [-0.39, 0.29) is 5.54 Å². The second-order valence-electron chi connectivity index (χ2n) is 5.03. The van der Waals surface area contributed by atoms with Crippen LogP contribution in [0.4, 0.5) is 11.6 Å². The van der Waals surface area contributed by atoms with Crippen molar-refractivity contribution in [3.05, 3.63) is 18.2 Å². The van der Waals surface area contributed by atoms with Gasteiger partial charge >= 0.3 is 0 Å². The maximum absolute atomic E-state index is 4.64. The van der Waals surface area contributed by atoms with Gasteiger partial charge in [0.05, 0.1) is 0 Å². The maximum atomic E-state index is 4.64. The van der Waals surface area contributed by atoms with E-state index in [4.69, 9.17) is 0 Å². The number of hydrogen-bond donors (Lipinski definition) is 1. The van der Waals surface area contributed by atoms with Gasteiger partial charge in [-0.25, -0.2) is 4.98 Å². The number of pyridine rings is 1. The van der Waals surface area contributed by atoms with Crippen molar-refractivity contribution in [2.45, 2.75) is 46.1 Å². The Hall–Kier alpha value is -1.25. The fourth-order valence-corrected chi connectivity index (χ4v) is 1.51. The van der Waals surface area contributed by atoms with Gasteiger partial charge in [-0.3, -0.25) is 0 Å². The Labute approximate surface area is 105 Å². The molecule has 96 valence electrons. The number of aromatic nitrogens is 1. The Morgan fingerprint density at radius 2 is 2.00 bits per heavy atom. The van der Waals surface area contributed by atoms with E-state index in [0.29, 0.717) is 0 Å². The van der Waals surface area contributed by atoms with Crippen LogP contribution in [0.1, 0.15) is 40.5 Å². The fourth-order valence-electron chi connectivity index (χ4n) is 1.51. The first-order chi connectivity index (χ1) is 8.01. The Bertz CT molecular complexity index is 347. The van der Waals surface area contributed by atoms with Gasteiger partial charge in [-0.05, 0) is 38.8 Å². The van der Waals surface area contributed by atoms with Crippen molar-refractivity contribution in [2.75, 3.05) is 23.8 Å². The lowest BCUT2D eigenvalue weighted by Gasteiger charge is -2.36. The molecule has 0 radical (unpaired) electrons. The highest BCUT2D eigenvalue weighted by Crippen LogP contribution is 2.23. The van der Waals surface area contributed by atoms with Crippen LogP contribution in [-0.4, -0.2) is 24.1 Å². The molecule has 0 amide bonds. The van der Waals surface area contributed by atoms with E-state index < -0.39 is 0 Å². The van der Waals surface area contributed by atoms with Gasteiger partial charge in [0, 0.05) is 19.1 Å². The second-order valence-corrected chi connectivity index (χ2v) is 5.03. The second kappa shape index (κ2) is 5.89. The van der Waals surface area contributed by atoms with E-state index in [9.17, 15) is 0 Å². The number of anilines is 2. The van der Waals surface area contributed by atoms with Crippen LogP contribution in [-0.2, 0) is 0 Å². The van der Waals surface area contributed by atoms with Crippen LogP contribution < -0.4 is 10.2 Å². The molecule has 0 aliphatic carbocycles. The summed E-state index contributed by atoms with van der Waals surface area (Å²) >= 11 is 0. The van der Waals surface area contributed by atoms with Crippen LogP contribution >= 0.6 is 0 Å². The average molecular weight is 235 g/mol. The summed E-state index contributed by atoms with van der Waals surface area (Å²) in [6.07, 6.45) is 2.21. The van der Waals surface area contributed by atoms with Gasteiger partial charge in [-0.2, -0.15) is 0 Å². The molecule has 0 spiro atoms. The summed E-state index contributed by atoms with van der Waals surface area (Å²) in [6.45, 7) is 9.80. The monoisotopic (exact) mass is 235 g/mol. The molecule has 0 fully saturated rings. The van der Waals surface area contributed by atoms with Gasteiger partial charge in [-0.15, -0.1) is 0 Å². The van der Waals surface area contributed by atoms with Gasteiger partial charge in [0.25, 0.3) is 0 Å². The molecule has 0 aromatic carbocycles. The molecule has 1 N–H and O–H groups in total. The molecule has 0 saturated heterocycles. The Balaban J connectivity index is 2.84. The molecular weight excluding hydrogens is 210 g/mol. The molecule has 1 heterocycles. The smallest absolute Gasteiger partial charge is 0.131 e. The third-order valence-electron chi connectivity index (χ3n) is 3.41. The number of nitrogens with one attached hydrogen (secondary N) is 1. The van der Waals surface area contributed by atoms with Crippen LogP contribution in [0.15, 0.2) is 18.2 Å². The first-order valence-corrected chi connectivity index (χ1v) is 6.46. The fraction of sp³-hybridized carbons (Fsp3) is 0.643. The van der Waals surface area contributed by atoms with Crippen molar-refractivity contribution in [1.29, 1.82) is 0 Å². The van der Waals surface area contributed by atoms with Crippen LogP contribution in [0.3, 0.4) is 0 Å². The minimum absolute atomic E-state index is 0.135. The predicted octanol–water partition coefficient (Wildman–Crippen LogP) is 3.53. The standard InChI is InChI=1S/C14H25N3/c1-6-11-15-12-9-8-10-13(16-12)17(5)14(3,4)7-2/h8-10H,6-7,11H2,1-5H3,(H,15,16). The van der Waals surface area contributed by atoms with Crippen LogP contribution in [0.2, 0.25) is 0 Å².